The maximum absolute atomic E-state index is 6.40. The van der Waals surface area contributed by atoms with Gasteiger partial charge >= 0.3 is 6.92 Å². The lowest BCUT2D eigenvalue weighted by Crippen LogP contribution is -2.47. The van der Waals surface area contributed by atoms with Crippen LogP contribution in [0.3, 0.4) is 0 Å². The molecule has 0 radical (unpaired) electrons. The van der Waals surface area contributed by atoms with Crippen LogP contribution in [0.1, 0.15) is 64.4 Å². The second-order valence-electron chi connectivity index (χ2n) is 9.16. The molecule has 32 heavy (non-hydrogen) atoms. The van der Waals surface area contributed by atoms with Gasteiger partial charge in [0.15, 0.2) is 5.79 Å². The van der Waals surface area contributed by atoms with Crippen LogP contribution in [0.5, 0.6) is 0 Å². The van der Waals surface area contributed by atoms with Gasteiger partial charge in [0, 0.05) is 19.3 Å². The molecule has 1 aromatic carbocycles. The summed E-state index contributed by atoms with van der Waals surface area (Å²) >= 11 is 0. The molecule has 2 saturated heterocycles. The molecule has 1 aromatic rings. The third-order valence-electron chi connectivity index (χ3n) is 6.24. The molecule has 2 aliphatic rings. The summed E-state index contributed by atoms with van der Waals surface area (Å²) in [6.45, 7) is 11.3. The summed E-state index contributed by atoms with van der Waals surface area (Å²) in [6, 6.07) is 10.2. The van der Waals surface area contributed by atoms with E-state index < -0.39 is 5.79 Å². The van der Waals surface area contributed by atoms with Crippen LogP contribution in [-0.2, 0) is 30.2 Å². The SMILES string of the molecule is C=C(C[C@H]1CC2(C[C@H](COCc3ccccc3)O1)OCCO2)OB(CCCC)CCCC. The van der Waals surface area contributed by atoms with Gasteiger partial charge in [-0.25, -0.2) is 0 Å². The first-order valence-corrected chi connectivity index (χ1v) is 12.5. The fourth-order valence-electron chi connectivity index (χ4n) is 4.64. The lowest BCUT2D eigenvalue weighted by molar-refractivity contribution is -0.247. The zero-order valence-electron chi connectivity index (χ0n) is 20.1. The number of rotatable bonds is 14. The van der Waals surface area contributed by atoms with Crippen LogP contribution in [0, 0.1) is 0 Å². The van der Waals surface area contributed by atoms with Crippen LogP contribution < -0.4 is 0 Å². The molecule has 0 aliphatic carbocycles. The molecular formula is C26H41BO5. The molecule has 0 N–H and O–H groups in total. The van der Waals surface area contributed by atoms with Gasteiger partial charge in [-0.3, -0.25) is 0 Å². The highest BCUT2D eigenvalue weighted by Crippen LogP contribution is 2.38. The van der Waals surface area contributed by atoms with E-state index in [9.17, 15) is 0 Å². The van der Waals surface area contributed by atoms with E-state index in [1.165, 1.54) is 25.7 Å². The average Bonchev–Trinajstić information content (AvgIpc) is 3.23. The quantitative estimate of drug-likeness (QED) is 0.260. The van der Waals surface area contributed by atoms with Crippen molar-refractivity contribution in [2.45, 2.75) is 96.0 Å². The number of benzene rings is 1. The lowest BCUT2D eigenvalue weighted by Gasteiger charge is -2.41. The van der Waals surface area contributed by atoms with Crippen molar-refractivity contribution in [3.63, 3.8) is 0 Å². The Labute approximate surface area is 194 Å². The minimum atomic E-state index is -0.562. The van der Waals surface area contributed by atoms with Gasteiger partial charge in [0.2, 0.25) is 0 Å². The van der Waals surface area contributed by atoms with E-state index in [0.29, 0.717) is 45.7 Å². The fourth-order valence-corrected chi connectivity index (χ4v) is 4.64. The Hall–Kier alpha value is -1.34. The van der Waals surface area contributed by atoms with E-state index in [0.717, 1.165) is 24.0 Å². The molecule has 6 heteroatoms. The Balaban J connectivity index is 1.52. The molecule has 2 fully saturated rings. The van der Waals surface area contributed by atoms with E-state index >= 15 is 0 Å². The monoisotopic (exact) mass is 444 g/mol. The Morgan fingerprint density at radius 2 is 1.69 bits per heavy atom. The third kappa shape index (κ3) is 8.22. The van der Waals surface area contributed by atoms with Crippen molar-refractivity contribution < 1.29 is 23.6 Å². The zero-order valence-corrected chi connectivity index (χ0v) is 20.1. The molecule has 2 heterocycles. The van der Waals surface area contributed by atoms with Crippen molar-refractivity contribution in [2.75, 3.05) is 19.8 Å². The van der Waals surface area contributed by atoms with Crippen molar-refractivity contribution in [3.8, 4) is 0 Å². The summed E-state index contributed by atoms with van der Waals surface area (Å²) in [6.07, 6.45) is 8.88. The minimum absolute atomic E-state index is 0.0438. The molecular weight excluding hydrogens is 403 g/mol. The fraction of sp³-hybridized carbons (Fsp3) is 0.692. The summed E-state index contributed by atoms with van der Waals surface area (Å²) in [7, 11) is 0. The third-order valence-corrected chi connectivity index (χ3v) is 6.24. The van der Waals surface area contributed by atoms with Gasteiger partial charge in [0.25, 0.3) is 0 Å². The predicted molar refractivity (Wildman–Crippen MR) is 129 cm³/mol. The molecule has 3 rings (SSSR count). The van der Waals surface area contributed by atoms with E-state index in [1.54, 1.807) is 0 Å². The molecule has 178 valence electrons. The van der Waals surface area contributed by atoms with Crippen LogP contribution in [-0.4, -0.2) is 44.7 Å². The number of hydrogen-bond donors (Lipinski definition) is 0. The van der Waals surface area contributed by atoms with Crippen molar-refractivity contribution in [1.29, 1.82) is 0 Å². The largest absolute Gasteiger partial charge is 0.564 e. The number of hydrogen-bond acceptors (Lipinski definition) is 5. The highest BCUT2D eigenvalue weighted by atomic mass is 16.7. The van der Waals surface area contributed by atoms with Gasteiger partial charge in [-0.1, -0.05) is 76.4 Å². The maximum Gasteiger partial charge on any atom is 0.357 e. The van der Waals surface area contributed by atoms with Crippen molar-refractivity contribution in [2.24, 2.45) is 0 Å². The van der Waals surface area contributed by atoms with Crippen molar-refractivity contribution in [1.82, 2.24) is 0 Å². The predicted octanol–water partition coefficient (Wildman–Crippen LogP) is 6.01. The Bertz CT molecular complexity index is 653. The Morgan fingerprint density at radius 1 is 1.03 bits per heavy atom. The topological polar surface area (TPSA) is 46.2 Å². The molecule has 1 spiro atoms. The first-order valence-electron chi connectivity index (χ1n) is 12.5. The summed E-state index contributed by atoms with van der Waals surface area (Å²) in [5, 5.41) is 0. The summed E-state index contributed by atoms with van der Waals surface area (Å²) in [5.41, 5.74) is 1.16. The van der Waals surface area contributed by atoms with Crippen LogP contribution in [0.4, 0.5) is 0 Å². The molecule has 0 bridgehead atoms. The Kier molecular flexibility index (Phi) is 10.6. The van der Waals surface area contributed by atoms with Crippen LogP contribution in [0.25, 0.3) is 0 Å². The molecule has 0 amide bonds. The Morgan fingerprint density at radius 3 is 2.34 bits per heavy atom. The van der Waals surface area contributed by atoms with Crippen LogP contribution in [0.2, 0.25) is 12.6 Å². The number of ether oxygens (including phenoxy) is 4. The smallest absolute Gasteiger partial charge is 0.357 e. The minimum Gasteiger partial charge on any atom is -0.564 e. The summed E-state index contributed by atoms with van der Waals surface area (Å²) in [4.78, 5) is 0. The molecule has 5 nitrogen and oxygen atoms in total. The van der Waals surface area contributed by atoms with Gasteiger partial charge in [-0.15, -0.1) is 0 Å². The van der Waals surface area contributed by atoms with Gasteiger partial charge < -0.3 is 23.6 Å². The molecule has 0 aromatic heterocycles. The van der Waals surface area contributed by atoms with Crippen LogP contribution >= 0.6 is 0 Å². The average molecular weight is 444 g/mol. The highest BCUT2D eigenvalue weighted by Gasteiger charge is 2.46. The van der Waals surface area contributed by atoms with Gasteiger partial charge in [-0.2, -0.15) is 0 Å². The first kappa shape index (κ1) is 25.3. The summed E-state index contributed by atoms with van der Waals surface area (Å²) < 4.78 is 30.8. The van der Waals surface area contributed by atoms with E-state index in [-0.39, 0.29) is 19.1 Å². The zero-order chi connectivity index (χ0) is 22.7. The second kappa shape index (κ2) is 13.4. The van der Waals surface area contributed by atoms with Gasteiger partial charge in [0.05, 0.1) is 44.4 Å². The standard InChI is InChI=1S/C26H41BO5/c1-4-6-13-27(14-7-5-2)32-22(3)17-24-18-26(29-15-16-30-26)19-25(31-24)21-28-20-23-11-9-8-10-12-23/h8-12,24-25H,3-7,13-21H2,1-2H3/t24-,25+/m0/s1. The highest BCUT2D eigenvalue weighted by molar-refractivity contribution is 6.52. The molecule has 2 aliphatic heterocycles. The van der Waals surface area contributed by atoms with E-state index in [1.807, 2.05) is 18.2 Å². The van der Waals surface area contributed by atoms with Gasteiger partial charge in [0.1, 0.15) is 0 Å². The van der Waals surface area contributed by atoms with Crippen LogP contribution in [0.15, 0.2) is 42.7 Å². The van der Waals surface area contributed by atoms with Crippen molar-refractivity contribution in [3.05, 3.63) is 48.2 Å². The maximum atomic E-state index is 6.40. The summed E-state index contributed by atoms with van der Waals surface area (Å²) in [5.74, 6) is 0.250. The van der Waals surface area contributed by atoms with E-state index in [2.05, 4.69) is 32.6 Å². The second-order valence-corrected chi connectivity index (χ2v) is 9.16. The van der Waals surface area contributed by atoms with E-state index in [4.69, 9.17) is 23.6 Å². The van der Waals surface area contributed by atoms with Crippen molar-refractivity contribution >= 4 is 6.92 Å². The first-order chi connectivity index (χ1) is 15.6. The normalized spacial score (nSPS) is 22.2. The lowest BCUT2D eigenvalue weighted by atomic mass is 9.59. The number of unbranched alkanes of at least 4 members (excludes halogenated alkanes) is 2. The molecule has 0 saturated carbocycles. The molecule has 0 unspecified atom stereocenters. The molecule has 2 atom stereocenters. The van der Waals surface area contributed by atoms with Gasteiger partial charge in [-0.05, 0) is 18.2 Å².